The summed E-state index contributed by atoms with van der Waals surface area (Å²) in [6.45, 7) is 9.65. The van der Waals surface area contributed by atoms with E-state index in [0.29, 0.717) is 6.04 Å². The molecule has 0 radical (unpaired) electrons. The molecule has 1 atom stereocenters. The first kappa shape index (κ1) is 16.9. The maximum Gasteiger partial charge on any atom is 0.0558 e. The van der Waals surface area contributed by atoms with Crippen molar-refractivity contribution in [2.24, 2.45) is 0 Å². The number of benzene rings is 1. The van der Waals surface area contributed by atoms with Crippen LogP contribution in [0, 0.1) is 0 Å². The van der Waals surface area contributed by atoms with Gasteiger partial charge in [-0.25, -0.2) is 0 Å². The van der Waals surface area contributed by atoms with Gasteiger partial charge in [0.2, 0.25) is 0 Å². The number of rotatable bonds is 7. The summed E-state index contributed by atoms with van der Waals surface area (Å²) >= 11 is 0. The lowest BCUT2D eigenvalue weighted by Gasteiger charge is -2.37. The third-order valence-electron chi connectivity index (χ3n) is 5.38. The lowest BCUT2D eigenvalue weighted by Crippen LogP contribution is -2.47. The molecule has 1 aliphatic heterocycles. The van der Waals surface area contributed by atoms with Gasteiger partial charge in [0.05, 0.1) is 6.61 Å². The van der Waals surface area contributed by atoms with Crippen molar-refractivity contribution < 1.29 is 5.11 Å². The van der Waals surface area contributed by atoms with Gasteiger partial charge in [-0.05, 0) is 42.5 Å². The fourth-order valence-electron chi connectivity index (χ4n) is 4.03. The van der Waals surface area contributed by atoms with E-state index in [1.165, 1.54) is 24.8 Å². The number of nitrogens with zero attached hydrogens (tertiary/aromatic N) is 2. The molecule has 1 saturated heterocycles. The molecular weight excluding hydrogens is 286 g/mol. The zero-order valence-electron chi connectivity index (χ0n) is 14.4. The second-order valence-corrected chi connectivity index (χ2v) is 6.80. The number of hydrogen-bond donors (Lipinski definition) is 2. The Balaban J connectivity index is 1.80. The Kier molecular flexibility index (Phi) is 6.06. The van der Waals surface area contributed by atoms with Crippen LogP contribution in [0.1, 0.15) is 36.1 Å². The molecule has 0 spiro atoms. The third-order valence-corrected chi connectivity index (χ3v) is 5.38. The van der Waals surface area contributed by atoms with E-state index >= 15 is 0 Å². The van der Waals surface area contributed by atoms with Crippen molar-refractivity contribution in [2.75, 3.05) is 52.4 Å². The number of fused-ring (bicyclic) bond motifs is 1. The molecule has 1 aliphatic carbocycles. The lowest BCUT2D eigenvalue weighted by atomic mass is 9.99. The molecule has 0 saturated carbocycles. The van der Waals surface area contributed by atoms with E-state index in [1.807, 2.05) is 0 Å². The average Bonchev–Trinajstić information content (AvgIpc) is 3.06. The van der Waals surface area contributed by atoms with E-state index in [1.54, 1.807) is 11.1 Å². The van der Waals surface area contributed by atoms with Crippen LogP contribution >= 0.6 is 0 Å². The van der Waals surface area contributed by atoms with Gasteiger partial charge in [-0.1, -0.05) is 25.1 Å². The summed E-state index contributed by atoms with van der Waals surface area (Å²) in [5, 5.41) is 12.9. The Hall–Kier alpha value is -0.940. The number of aryl methyl sites for hydroxylation is 2. The second-order valence-electron chi connectivity index (χ2n) is 6.80. The minimum atomic E-state index is 0.233. The first-order chi connectivity index (χ1) is 11.3. The van der Waals surface area contributed by atoms with Crippen LogP contribution in [-0.4, -0.2) is 67.3 Å². The largest absolute Gasteiger partial charge is 0.395 e. The Bertz CT molecular complexity index is 499. The Morgan fingerprint density at radius 1 is 1.22 bits per heavy atom. The molecule has 4 heteroatoms. The molecule has 1 aromatic rings. The van der Waals surface area contributed by atoms with E-state index in [9.17, 15) is 5.11 Å². The van der Waals surface area contributed by atoms with Crippen molar-refractivity contribution in [1.29, 1.82) is 0 Å². The van der Waals surface area contributed by atoms with E-state index in [2.05, 4.69) is 40.2 Å². The molecule has 0 bridgehead atoms. The predicted octanol–water partition coefficient (Wildman–Crippen LogP) is 1.44. The van der Waals surface area contributed by atoms with Crippen LogP contribution in [0.4, 0.5) is 0 Å². The molecule has 128 valence electrons. The van der Waals surface area contributed by atoms with E-state index in [0.717, 1.165) is 45.8 Å². The van der Waals surface area contributed by atoms with Gasteiger partial charge in [-0.3, -0.25) is 9.80 Å². The molecule has 0 aromatic heterocycles. The van der Waals surface area contributed by atoms with E-state index in [4.69, 9.17) is 0 Å². The molecule has 1 aromatic carbocycles. The summed E-state index contributed by atoms with van der Waals surface area (Å²) in [4.78, 5) is 4.99. The maximum absolute atomic E-state index is 9.46. The summed E-state index contributed by atoms with van der Waals surface area (Å²) in [5.74, 6) is 0. The van der Waals surface area contributed by atoms with Crippen molar-refractivity contribution in [3.05, 3.63) is 34.9 Å². The van der Waals surface area contributed by atoms with Gasteiger partial charge in [0.15, 0.2) is 0 Å². The third kappa shape index (κ3) is 4.13. The van der Waals surface area contributed by atoms with Gasteiger partial charge in [0.1, 0.15) is 0 Å². The molecule has 0 amide bonds. The van der Waals surface area contributed by atoms with Gasteiger partial charge in [-0.2, -0.15) is 0 Å². The summed E-state index contributed by atoms with van der Waals surface area (Å²) in [5.41, 5.74) is 4.52. The SMILES string of the molecule is CCN(CCO)C(CN1CCNCC1)c1ccc2c(c1)CCC2. The fraction of sp³-hybridized carbons (Fsp3) is 0.684. The monoisotopic (exact) mass is 317 g/mol. The van der Waals surface area contributed by atoms with Crippen molar-refractivity contribution in [2.45, 2.75) is 32.2 Å². The molecule has 2 N–H and O–H groups in total. The minimum Gasteiger partial charge on any atom is -0.395 e. The second kappa shape index (κ2) is 8.25. The zero-order chi connectivity index (χ0) is 16.1. The molecule has 23 heavy (non-hydrogen) atoms. The number of nitrogens with one attached hydrogen (secondary N) is 1. The minimum absolute atomic E-state index is 0.233. The van der Waals surface area contributed by atoms with Gasteiger partial charge >= 0.3 is 0 Å². The predicted molar refractivity (Wildman–Crippen MR) is 94.9 cm³/mol. The standard InChI is InChI=1S/C19H31N3O/c1-2-22(12-13-23)19(15-21-10-8-20-9-11-21)18-7-6-16-4-3-5-17(16)14-18/h6-7,14,19-20,23H,2-5,8-13,15H2,1H3. The highest BCUT2D eigenvalue weighted by molar-refractivity contribution is 5.36. The van der Waals surface area contributed by atoms with Crippen LogP contribution in [0.25, 0.3) is 0 Å². The van der Waals surface area contributed by atoms with Crippen LogP contribution in [0.15, 0.2) is 18.2 Å². The van der Waals surface area contributed by atoms with Crippen LogP contribution in [-0.2, 0) is 12.8 Å². The summed E-state index contributed by atoms with van der Waals surface area (Å²) < 4.78 is 0. The van der Waals surface area contributed by atoms with Gasteiger partial charge in [0.25, 0.3) is 0 Å². The lowest BCUT2D eigenvalue weighted by molar-refractivity contribution is 0.113. The highest BCUT2D eigenvalue weighted by Gasteiger charge is 2.24. The van der Waals surface area contributed by atoms with Gasteiger partial charge in [-0.15, -0.1) is 0 Å². The van der Waals surface area contributed by atoms with Crippen molar-refractivity contribution in [1.82, 2.24) is 15.1 Å². The van der Waals surface area contributed by atoms with Crippen LogP contribution in [0.3, 0.4) is 0 Å². The number of likely N-dealkylation sites (N-methyl/N-ethyl adjacent to an activating group) is 1. The van der Waals surface area contributed by atoms with Crippen LogP contribution in [0.5, 0.6) is 0 Å². The number of aliphatic hydroxyl groups excluding tert-OH is 1. The highest BCUT2D eigenvalue weighted by atomic mass is 16.3. The van der Waals surface area contributed by atoms with Crippen molar-refractivity contribution in [3.63, 3.8) is 0 Å². The Morgan fingerprint density at radius 3 is 2.74 bits per heavy atom. The number of hydrogen-bond acceptors (Lipinski definition) is 4. The molecule has 2 aliphatic rings. The number of piperazine rings is 1. The van der Waals surface area contributed by atoms with E-state index in [-0.39, 0.29) is 6.61 Å². The van der Waals surface area contributed by atoms with Crippen molar-refractivity contribution >= 4 is 0 Å². The van der Waals surface area contributed by atoms with Crippen LogP contribution in [0.2, 0.25) is 0 Å². The molecule has 3 rings (SSSR count). The molecule has 1 heterocycles. The first-order valence-electron chi connectivity index (χ1n) is 9.21. The van der Waals surface area contributed by atoms with Gasteiger partial charge < -0.3 is 10.4 Å². The topological polar surface area (TPSA) is 38.7 Å². The van der Waals surface area contributed by atoms with Crippen LogP contribution < -0.4 is 5.32 Å². The molecular formula is C19H31N3O. The van der Waals surface area contributed by atoms with Gasteiger partial charge in [0, 0.05) is 45.3 Å². The molecule has 1 fully saturated rings. The zero-order valence-corrected chi connectivity index (χ0v) is 14.4. The first-order valence-corrected chi connectivity index (χ1v) is 9.21. The maximum atomic E-state index is 9.46. The quantitative estimate of drug-likeness (QED) is 0.798. The smallest absolute Gasteiger partial charge is 0.0558 e. The molecule has 1 unspecified atom stereocenters. The Labute approximate surface area is 140 Å². The summed E-state index contributed by atoms with van der Waals surface area (Å²) in [6, 6.07) is 7.50. The Morgan fingerprint density at radius 2 is 2.00 bits per heavy atom. The normalized spacial score (nSPS) is 20.0. The summed E-state index contributed by atoms with van der Waals surface area (Å²) in [6.07, 6.45) is 3.78. The number of aliphatic hydroxyl groups is 1. The van der Waals surface area contributed by atoms with Crippen molar-refractivity contribution in [3.8, 4) is 0 Å². The average molecular weight is 317 g/mol. The molecule has 4 nitrogen and oxygen atoms in total. The fourth-order valence-corrected chi connectivity index (χ4v) is 4.03. The summed E-state index contributed by atoms with van der Waals surface area (Å²) in [7, 11) is 0. The van der Waals surface area contributed by atoms with E-state index < -0.39 is 0 Å². The highest BCUT2D eigenvalue weighted by Crippen LogP contribution is 2.28.